The van der Waals surface area contributed by atoms with Gasteiger partial charge in [-0.15, -0.1) is 10.2 Å². The third-order valence-corrected chi connectivity index (χ3v) is 2.44. The van der Waals surface area contributed by atoms with Crippen LogP contribution in [0, 0.1) is 0 Å². The van der Waals surface area contributed by atoms with Gasteiger partial charge < -0.3 is 10.3 Å². The van der Waals surface area contributed by atoms with Crippen molar-refractivity contribution in [2.24, 2.45) is 0 Å². The molecule has 0 bridgehead atoms. The second-order valence-electron chi connectivity index (χ2n) is 2.25. The van der Waals surface area contributed by atoms with Gasteiger partial charge in [-0.25, -0.2) is 0 Å². The molecule has 0 aromatic carbocycles. The van der Waals surface area contributed by atoms with Gasteiger partial charge in [-0.3, -0.25) is 0 Å². The molecule has 62 valence electrons. The van der Waals surface area contributed by atoms with Gasteiger partial charge in [-0.05, 0) is 12.1 Å². The lowest BCUT2D eigenvalue weighted by molar-refractivity contribution is 1.09. The fourth-order valence-corrected chi connectivity index (χ4v) is 1.58. The molecule has 0 spiro atoms. The third kappa shape index (κ3) is 1.18. The standard InChI is InChI=1S/C7H8N4S/c1-8-7-11-10-6(12-7)5-3-2-4-9-5/h2-4,9H,1H3,(H,8,11). The minimum Gasteiger partial charge on any atom is -0.363 e. The number of rotatable bonds is 2. The third-order valence-electron chi connectivity index (χ3n) is 1.47. The van der Waals surface area contributed by atoms with Crippen LogP contribution < -0.4 is 5.32 Å². The number of hydrogen-bond acceptors (Lipinski definition) is 4. The first kappa shape index (κ1) is 7.30. The molecule has 0 saturated heterocycles. The van der Waals surface area contributed by atoms with E-state index in [1.807, 2.05) is 25.4 Å². The van der Waals surface area contributed by atoms with Crippen molar-refractivity contribution in [2.75, 3.05) is 12.4 Å². The maximum atomic E-state index is 4.00. The molecule has 0 atom stereocenters. The molecule has 0 unspecified atom stereocenters. The summed E-state index contributed by atoms with van der Waals surface area (Å²) in [5.74, 6) is 0. The molecule has 0 amide bonds. The maximum absolute atomic E-state index is 4.00. The molecule has 5 heteroatoms. The first-order valence-electron chi connectivity index (χ1n) is 3.55. The van der Waals surface area contributed by atoms with Crippen molar-refractivity contribution in [1.29, 1.82) is 0 Å². The number of anilines is 1. The van der Waals surface area contributed by atoms with E-state index in [4.69, 9.17) is 0 Å². The van der Waals surface area contributed by atoms with Crippen LogP contribution in [0.5, 0.6) is 0 Å². The van der Waals surface area contributed by atoms with Crippen LogP contribution in [0.2, 0.25) is 0 Å². The van der Waals surface area contributed by atoms with E-state index in [-0.39, 0.29) is 0 Å². The second kappa shape index (κ2) is 2.94. The van der Waals surface area contributed by atoms with Gasteiger partial charge in [0.2, 0.25) is 5.13 Å². The average Bonchev–Trinajstić information content (AvgIpc) is 2.75. The molecular weight excluding hydrogens is 172 g/mol. The van der Waals surface area contributed by atoms with E-state index in [0.717, 1.165) is 15.8 Å². The molecule has 0 aliphatic carbocycles. The highest BCUT2D eigenvalue weighted by Gasteiger charge is 2.04. The topological polar surface area (TPSA) is 53.6 Å². The number of H-pyrrole nitrogens is 1. The van der Waals surface area contributed by atoms with Crippen LogP contribution in [0.3, 0.4) is 0 Å². The zero-order chi connectivity index (χ0) is 8.39. The van der Waals surface area contributed by atoms with Crippen LogP contribution in [0.1, 0.15) is 0 Å². The quantitative estimate of drug-likeness (QED) is 0.737. The van der Waals surface area contributed by atoms with Gasteiger partial charge in [-0.2, -0.15) is 0 Å². The number of aromatic nitrogens is 3. The van der Waals surface area contributed by atoms with Crippen molar-refractivity contribution in [3.63, 3.8) is 0 Å². The number of nitrogens with one attached hydrogen (secondary N) is 2. The van der Waals surface area contributed by atoms with Crippen molar-refractivity contribution in [3.8, 4) is 10.7 Å². The van der Waals surface area contributed by atoms with Gasteiger partial charge >= 0.3 is 0 Å². The fraction of sp³-hybridized carbons (Fsp3) is 0.143. The Hall–Kier alpha value is -1.36. The summed E-state index contributed by atoms with van der Waals surface area (Å²) in [6, 6.07) is 3.91. The van der Waals surface area contributed by atoms with Crippen molar-refractivity contribution in [3.05, 3.63) is 18.3 Å². The Balaban J connectivity index is 2.35. The highest BCUT2D eigenvalue weighted by Crippen LogP contribution is 2.23. The van der Waals surface area contributed by atoms with Crippen LogP contribution in [0.15, 0.2) is 18.3 Å². The summed E-state index contributed by atoms with van der Waals surface area (Å²) < 4.78 is 0. The van der Waals surface area contributed by atoms with Crippen molar-refractivity contribution < 1.29 is 0 Å². The molecule has 12 heavy (non-hydrogen) atoms. The predicted molar refractivity (Wildman–Crippen MR) is 49.2 cm³/mol. The summed E-state index contributed by atoms with van der Waals surface area (Å²) in [5.41, 5.74) is 1.01. The molecule has 0 aliphatic heterocycles. The van der Waals surface area contributed by atoms with E-state index >= 15 is 0 Å². The molecule has 2 aromatic rings. The predicted octanol–water partition coefficient (Wildman–Crippen LogP) is 1.57. The number of nitrogens with zero attached hydrogens (tertiary/aromatic N) is 2. The molecule has 2 heterocycles. The Labute approximate surface area is 73.7 Å². The first-order valence-corrected chi connectivity index (χ1v) is 4.37. The molecule has 2 rings (SSSR count). The Morgan fingerprint density at radius 1 is 1.50 bits per heavy atom. The summed E-state index contributed by atoms with van der Waals surface area (Å²) in [6.45, 7) is 0. The largest absolute Gasteiger partial charge is 0.363 e. The van der Waals surface area contributed by atoms with Crippen LogP contribution in [0.4, 0.5) is 5.13 Å². The summed E-state index contributed by atoms with van der Waals surface area (Å²) in [5, 5.41) is 12.6. The zero-order valence-corrected chi connectivity index (χ0v) is 7.35. The fourth-order valence-electron chi connectivity index (χ4n) is 0.896. The Morgan fingerprint density at radius 2 is 2.42 bits per heavy atom. The van der Waals surface area contributed by atoms with Crippen LogP contribution in [-0.2, 0) is 0 Å². The molecule has 0 radical (unpaired) electrons. The van der Waals surface area contributed by atoms with Crippen molar-refractivity contribution in [1.82, 2.24) is 15.2 Å². The number of hydrogen-bond donors (Lipinski definition) is 2. The van der Waals surface area contributed by atoms with Crippen molar-refractivity contribution >= 4 is 16.5 Å². The molecule has 2 N–H and O–H groups in total. The van der Waals surface area contributed by atoms with E-state index in [0.29, 0.717) is 0 Å². The summed E-state index contributed by atoms with van der Waals surface area (Å²) >= 11 is 1.53. The molecule has 2 aromatic heterocycles. The molecule has 0 aliphatic rings. The Bertz CT molecular complexity index is 351. The van der Waals surface area contributed by atoms with E-state index < -0.39 is 0 Å². The van der Waals surface area contributed by atoms with Crippen LogP contribution in [0.25, 0.3) is 10.7 Å². The normalized spacial score (nSPS) is 10.1. The van der Waals surface area contributed by atoms with Gasteiger partial charge in [0, 0.05) is 13.2 Å². The van der Waals surface area contributed by atoms with Gasteiger partial charge in [0.25, 0.3) is 0 Å². The van der Waals surface area contributed by atoms with Crippen LogP contribution >= 0.6 is 11.3 Å². The molecule has 0 fully saturated rings. The minimum atomic E-state index is 0.833. The molecule has 0 saturated carbocycles. The maximum Gasteiger partial charge on any atom is 0.205 e. The minimum absolute atomic E-state index is 0.833. The smallest absolute Gasteiger partial charge is 0.205 e. The van der Waals surface area contributed by atoms with Crippen LogP contribution in [-0.4, -0.2) is 22.2 Å². The SMILES string of the molecule is CNc1nnc(-c2ccc[nH]2)s1. The number of aromatic amines is 1. The Morgan fingerprint density at radius 3 is 3.00 bits per heavy atom. The zero-order valence-electron chi connectivity index (χ0n) is 6.53. The second-order valence-corrected chi connectivity index (χ2v) is 3.22. The van der Waals surface area contributed by atoms with E-state index in [9.17, 15) is 0 Å². The Kier molecular flexibility index (Phi) is 1.79. The van der Waals surface area contributed by atoms with E-state index in [2.05, 4.69) is 20.5 Å². The summed E-state index contributed by atoms with van der Waals surface area (Å²) in [7, 11) is 1.83. The average molecular weight is 180 g/mol. The van der Waals surface area contributed by atoms with Gasteiger partial charge in [-0.1, -0.05) is 11.3 Å². The van der Waals surface area contributed by atoms with E-state index in [1.54, 1.807) is 0 Å². The molecule has 4 nitrogen and oxygen atoms in total. The monoisotopic (exact) mass is 180 g/mol. The van der Waals surface area contributed by atoms with Crippen molar-refractivity contribution in [2.45, 2.75) is 0 Å². The van der Waals surface area contributed by atoms with E-state index in [1.165, 1.54) is 11.3 Å². The molecular formula is C7H8N4S. The summed E-state index contributed by atoms with van der Waals surface area (Å²) in [4.78, 5) is 3.07. The van der Waals surface area contributed by atoms with Gasteiger partial charge in [0.1, 0.15) is 0 Å². The van der Waals surface area contributed by atoms with Gasteiger partial charge in [0.05, 0.1) is 5.69 Å². The van der Waals surface area contributed by atoms with Gasteiger partial charge in [0.15, 0.2) is 5.01 Å². The summed E-state index contributed by atoms with van der Waals surface area (Å²) in [6.07, 6.45) is 1.87. The lowest BCUT2D eigenvalue weighted by Gasteiger charge is -1.86. The lowest BCUT2D eigenvalue weighted by Crippen LogP contribution is -1.84. The lowest BCUT2D eigenvalue weighted by atomic mass is 10.5. The first-order chi connectivity index (χ1) is 5.90. The highest BCUT2D eigenvalue weighted by atomic mass is 32.1. The highest BCUT2D eigenvalue weighted by molar-refractivity contribution is 7.18.